The average molecular weight is 435 g/mol. The largest absolute Gasteiger partial charge is 0.494 e. The Bertz CT molecular complexity index is 986. The topological polar surface area (TPSA) is 53.8 Å². The monoisotopic (exact) mass is 434 g/mol. The van der Waals surface area contributed by atoms with Gasteiger partial charge in [-0.3, -0.25) is 9.80 Å². The molecule has 4 rings (SSSR count). The summed E-state index contributed by atoms with van der Waals surface area (Å²) in [4.78, 5) is 4.96. The number of piperazine rings is 1. The summed E-state index contributed by atoms with van der Waals surface area (Å²) in [6.45, 7) is 9.60. The number of aliphatic hydroxyl groups is 1. The van der Waals surface area contributed by atoms with Crippen molar-refractivity contribution in [2.45, 2.75) is 39.4 Å². The highest BCUT2D eigenvalue weighted by atomic mass is 16.5. The van der Waals surface area contributed by atoms with Gasteiger partial charge in [-0.05, 0) is 38.5 Å². The predicted octanol–water partition coefficient (Wildman–Crippen LogP) is 3.65. The van der Waals surface area contributed by atoms with Gasteiger partial charge in [0.1, 0.15) is 5.75 Å². The molecule has 0 spiro atoms. The first kappa shape index (κ1) is 22.5. The van der Waals surface area contributed by atoms with E-state index in [2.05, 4.69) is 64.4 Å². The van der Waals surface area contributed by atoms with Gasteiger partial charge < -0.3 is 9.84 Å². The van der Waals surface area contributed by atoms with Gasteiger partial charge in [-0.2, -0.15) is 5.10 Å². The summed E-state index contributed by atoms with van der Waals surface area (Å²) >= 11 is 0. The Labute approximate surface area is 191 Å². The van der Waals surface area contributed by atoms with Crippen LogP contribution in [0.2, 0.25) is 0 Å². The highest BCUT2D eigenvalue weighted by Gasteiger charge is 2.27. The highest BCUT2D eigenvalue weighted by Crippen LogP contribution is 2.24. The van der Waals surface area contributed by atoms with Crippen LogP contribution < -0.4 is 4.74 Å². The van der Waals surface area contributed by atoms with E-state index in [0.717, 1.165) is 50.6 Å². The van der Waals surface area contributed by atoms with Gasteiger partial charge in [0.2, 0.25) is 0 Å². The second-order valence-electron chi connectivity index (χ2n) is 8.54. The molecule has 6 heteroatoms. The third-order valence-corrected chi connectivity index (χ3v) is 6.14. The normalized spacial score (nSPS) is 17.5. The molecule has 1 aliphatic heterocycles. The molecule has 170 valence electrons. The minimum absolute atomic E-state index is 0.202. The number of benzene rings is 2. The number of aliphatic hydroxyl groups excluding tert-OH is 1. The zero-order valence-electron chi connectivity index (χ0n) is 19.2. The Morgan fingerprint density at radius 3 is 2.66 bits per heavy atom. The van der Waals surface area contributed by atoms with Crippen molar-refractivity contribution in [3.05, 3.63) is 77.6 Å². The Balaban J connectivity index is 1.39. The quantitative estimate of drug-likeness (QED) is 0.557. The number of aryl methyl sites for hydroxylation is 1. The van der Waals surface area contributed by atoms with Gasteiger partial charge >= 0.3 is 0 Å². The second kappa shape index (κ2) is 10.8. The molecule has 2 aromatic carbocycles. The number of rotatable bonds is 9. The number of hydrogen-bond donors (Lipinski definition) is 1. The lowest BCUT2D eigenvalue weighted by Gasteiger charge is -2.41. The molecule has 1 aliphatic rings. The summed E-state index contributed by atoms with van der Waals surface area (Å²) < 4.78 is 7.77. The van der Waals surface area contributed by atoms with Crippen molar-refractivity contribution in [1.29, 1.82) is 0 Å². The molecule has 2 heterocycles. The third kappa shape index (κ3) is 5.57. The Morgan fingerprint density at radius 1 is 1.06 bits per heavy atom. The van der Waals surface area contributed by atoms with Crippen LogP contribution in [0.25, 0.3) is 5.69 Å². The zero-order valence-corrected chi connectivity index (χ0v) is 19.2. The number of ether oxygens (including phenoxy) is 1. The van der Waals surface area contributed by atoms with Crippen molar-refractivity contribution >= 4 is 0 Å². The summed E-state index contributed by atoms with van der Waals surface area (Å²) in [5.41, 5.74) is 4.75. The molecular weight excluding hydrogens is 400 g/mol. The summed E-state index contributed by atoms with van der Waals surface area (Å²) in [5, 5.41) is 14.2. The fraction of sp³-hybridized carbons (Fsp3) is 0.423. The Kier molecular flexibility index (Phi) is 7.58. The lowest BCUT2D eigenvalue weighted by atomic mass is 10.1. The van der Waals surface area contributed by atoms with E-state index in [4.69, 9.17) is 4.74 Å². The summed E-state index contributed by atoms with van der Waals surface area (Å²) in [7, 11) is 0. The van der Waals surface area contributed by atoms with Crippen LogP contribution in [-0.2, 0) is 13.1 Å². The number of nitrogens with zero attached hydrogens (tertiary/aromatic N) is 4. The molecule has 1 atom stereocenters. The summed E-state index contributed by atoms with van der Waals surface area (Å²) in [6, 6.07) is 17.0. The van der Waals surface area contributed by atoms with Crippen LogP contribution in [0, 0.1) is 6.92 Å². The molecule has 1 saturated heterocycles. The molecule has 1 unspecified atom stereocenters. The van der Waals surface area contributed by atoms with Crippen molar-refractivity contribution in [3.63, 3.8) is 0 Å². The van der Waals surface area contributed by atoms with E-state index in [0.29, 0.717) is 12.6 Å². The molecule has 0 aliphatic carbocycles. The van der Waals surface area contributed by atoms with Crippen molar-refractivity contribution in [3.8, 4) is 11.4 Å². The maximum absolute atomic E-state index is 9.68. The molecule has 1 fully saturated rings. The molecule has 0 amide bonds. The maximum Gasteiger partial charge on any atom is 0.123 e. The first-order valence-electron chi connectivity index (χ1n) is 11.5. The van der Waals surface area contributed by atoms with E-state index in [-0.39, 0.29) is 6.61 Å². The standard InChI is InChI=1S/C26H34N4O2/c1-3-32-26-7-5-4-6-23(26)19-29-14-13-28(20-25(29)12-15-31)17-22-16-27-30(18-22)24-10-8-21(2)9-11-24/h4-11,16,18,25,31H,3,12-15,17,19-20H2,1-2H3. The minimum atomic E-state index is 0.202. The van der Waals surface area contributed by atoms with Crippen molar-refractivity contribution in [2.24, 2.45) is 0 Å². The van der Waals surface area contributed by atoms with Crippen LogP contribution >= 0.6 is 0 Å². The Hall–Kier alpha value is -2.67. The highest BCUT2D eigenvalue weighted by molar-refractivity contribution is 5.34. The second-order valence-corrected chi connectivity index (χ2v) is 8.54. The van der Waals surface area contributed by atoms with Gasteiger partial charge in [0, 0.05) is 62.7 Å². The fourth-order valence-corrected chi connectivity index (χ4v) is 4.42. The first-order valence-corrected chi connectivity index (χ1v) is 11.5. The molecular formula is C26H34N4O2. The number of aromatic nitrogens is 2. The Morgan fingerprint density at radius 2 is 1.88 bits per heavy atom. The summed E-state index contributed by atoms with van der Waals surface area (Å²) in [5.74, 6) is 0.962. The first-order chi connectivity index (χ1) is 15.7. The fourth-order valence-electron chi connectivity index (χ4n) is 4.42. The van der Waals surface area contributed by atoms with E-state index in [1.54, 1.807) is 0 Å². The molecule has 0 radical (unpaired) electrons. The average Bonchev–Trinajstić information content (AvgIpc) is 3.26. The van der Waals surface area contributed by atoms with Gasteiger partial charge in [0.05, 0.1) is 18.5 Å². The molecule has 0 saturated carbocycles. The van der Waals surface area contributed by atoms with Crippen LogP contribution in [0.5, 0.6) is 5.75 Å². The molecule has 0 bridgehead atoms. The molecule has 1 N–H and O–H groups in total. The van der Waals surface area contributed by atoms with E-state index in [1.807, 2.05) is 29.9 Å². The van der Waals surface area contributed by atoms with Gasteiger partial charge in [0.15, 0.2) is 0 Å². The number of para-hydroxylation sites is 1. The van der Waals surface area contributed by atoms with Crippen LogP contribution in [0.15, 0.2) is 60.9 Å². The van der Waals surface area contributed by atoms with Gasteiger partial charge in [-0.15, -0.1) is 0 Å². The van der Waals surface area contributed by atoms with Crippen molar-refractivity contribution < 1.29 is 9.84 Å². The molecule has 32 heavy (non-hydrogen) atoms. The molecule has 3 aromatic rings. The summed E-state index contributed by atoms with van der Waals surface area (Å²) in [6.07, 6.45) is 4.86. The van der Waals surface area contributed by atoms with E-state index < -0.39 is 0 Å². The SMILES string of the molecule is CCOc1ccccc1CN1CCN(Cc2cnn(-c3ccc(C)cc3)c2)CC1CCO. The smallest absolute Gasteiger partial charge is 0.123 e. The molecule has 1 aromatic heterocycles. The predicted molar refractivity (Wildman–Crippen MR) is 127 cm³/mol. The van der Waals surface area contributed by atoms with Crippen molar-refractivity contribution in [1.82, 2.24) is 19.6 Å². The van der Waals surface area contributed by atoms with Crippen LogP contribution in [0.3, 0.4) is 0 Å². The molecule has 6 nitrogen and oxygen atoms in total. The van der Waals surface area contributed by atoms with Gasteiger partial charge in [-0.25, -0.2) is 4.68 Å². The van der Waals surface area contributed by atoms with Crippen LogP contribution in [0.1, 0.15) is 30.0 Å². The third-order valence-electron chi connectivity index (χ3n) is 6.14. The zero-order chi connectivity index (χ0) is 22.3. The minimum Gasteiger partial charge on any atom is -0.494 e. The van der Waals surface area contributed by atoms with Crippen molar-refractivity contribution in [2.75, 3.05) is 32.8 Å². The number of hydrogen-bond acceptors (Lipinski definition) is 5. The van der Waals surface area contributed by atoms with Crippen LogP contribution in [0.4, 0.5) is 0 Å². The van der Waals surface area contributed by atoms with E-state index in [1.165, 1.54) is 16.7 Å². The van der Waals surface area contributed by atoms with Crippen LogP contribution in [-0.4, -0.2) is 63.6 Å². The van der Waals surface area contributed by atoms with Gasteiger partial charge in [-0.1, -0.05) is 35.9 Å². The van der Waals surface area contributed by atoms with E-state index >= 15 is 0 Å². The van der Waals surface area contributed by atoms with E-state index in [9.17, 15) is 5.11 Å². The lowest BCUT2D eigenvalue weighted by Crippen LogP contribution is -2.52. The lowest BCUT2D eigenvalue weighted by molar-refractivity contribution is 0.0494. The maximum atomic E-state index is 9.68. The van der Waals surface area contributed by atoms with Gasteiger partial charge in [0.25, 0.3) is 0 Å².